The van der Waals surface area contributed by atoms with Crippen LogP contribution in [0.25, 0.3) is 0 Å². The van der Waals surface area contributed by atoms with E-state index in [4.69, 9.17) is 0 Å². The summed E-state index contributed by atoms with van der Waals surface area (Å²) in [6.07, 6.45) is 6.69. The molecule has 0 heterocycles. The number of hydrogen-bond acceptors (Lipinski definition) is 2. The van der Waals surface area contributed by atoms with Crippen LogP contribution in [0.3, 0.4) is 0 Å². The molecule has 1 aliphatic rings. The van der Waals surface area contributed by atoms with Gasteiger partial charge in [0.15, 0.2) is 0 Å². The molecule has 0 unspecified atom stereocenters. The minimum absolute atomic E-state index is 0. The monoisotopic (exact) mass is 146 g/mol. The molecule has 1 rings (SSSR count). The van der Waals surface area contributed by atoms with Crippen LogP contribution in [0, 0.1) is 0 Å². The van der Waals surface area contributed by atoms with Gasteiger partial charge in [0.25, 0.3) is 0 Å². The van der Waals surface area contributed by atoms with Gasteiger partial charge in [-0.05, 0) is 18.4 Å². The number of carbonyl (C=O) groups excluding carboxylic acids is 1. The summed E-state index contributed by atoms with van der Waals surface area (Å²) in [5, 5.41) is 10.1. The Morgan fingerprint density at radius 2 is 2.20 bits per heavy atom. The van der Waals surface area contributed by atoms with E-state index in [2.05, 4.69) is 0 Å². The molecule has 0 saturated carbocycles. The van der Waals surface area contributed by atoms with Crippen LogP contribution in [0.4, 0.5) is 0 Å². The molecule has 0 aromatic heterocycles. The van der Waals surface area contributed by atoms with Crippen LogP contribution in [-0.4, -0.2) is 5.97 Å². The van der Waals surface area contributed by atoms with Crippen LogP contribution in [0.2, 0.25) is 0 Å². The first kappa shape index (κ1) is 9.95. The van der Waals surface area contributed by atoms with Gasteiger partial charge in [-0.3, -0.25) is 0 Å². The van der Waals surface area contributed by atoms with E-state index in [1.807, 2.05) is 12.2 Å². The summed E-state index contributed by atoms with van der Waals surface area (Å²) in [5.74, 6) is -1.04. The molecular formula is C7H7NaO2. The zero-order chi connectivity index (χ0) is 6.69. The van der Waals surface area contributed by atoms with E-state index in [1.165, 1.54) is 0 Å². The number of rotatable bonds is 1. The number of carboxylic acids is 1. The van der Waals surface area contributed by atoms with Gasteiger partial charge in [0.05, 0.1) is 5.97 Å². The van der Waals surface area contributed by atoms with E-state index < -0.39 is 5.97 Å². The number of hydrogen-bond donors (Lipinski definition) is 0. The Hall–Kier alpha value is -0.0500. The number of aliphatic carboxylic acids is 1. The third-order valence-electron chi connectivity index (χ3n) is 1.27. The van der Waals surface area contributed by atoms with Crippen molar-refractivity contribution in [3.05, 3.63) is 23.8 Å². The molecule has 0 bridgehead atoms. The van der Waals surface area contributed by atoms with Gasteiger partial charge in [0.1, 0.15) is 0 Å². The zero-order valence-corrected chi connectivity index (χ0v) is 7.96. The predicted molar refractivity (Wildman–Crippen MR) is 31.5 cm³/mol. The van der Waals surface area contributed by atoms with Crippen LogP contribution in [0.5, 0.6) is 0 Å². The van der Waals surface area contributed by atoms with Crippen molar-refractivity contribution in [3.63, 3.8) is 0 Å². The second-order valence-corrected chi connectivity index (χ2v) is 1.93. The Labute approximate surface area is 81.9 Å². The van der Waals surface area contributed by atoms with Crippen LogP contribution in [-0.2, 0) is 4.79 Å². The quantitative estimate of drug-likeness (QED) is 0.292. The third kappa shape index (κ3) is 2.69. The molecule has 0 aromatic carbocycles. The van der Waals surface area contributed by atoms with Crippen molar-refractivity contribution >= 4 is 5.97 Å². The van der Waals surface area contributed by atoms with E-state index in [-0.39, 0.29) is 29.6 Å². The van der Waals surface area contributed by atoms with Crippen molar-refractivity contribution in [2.45, 2.75) is 12.8 Å². The average Bonchev–Trinajstić information content (AvgIpc) is 1.90. The van der Waals surface area contributed by atoms with E-state index in [9.17, 15) is 9.90 Å². The first-order chi connectivity index (χ1) is 4.30. The van der Waals surface area contributed by atoms with Crippen molar-refractivity contribution < 1.29 is 39.5 Å². The van der Waals surface area contributed by atoms with Crippen molar-refractivity contribution in [2.24, 2.45) is 0 Å². The zero-order valence-electron chi connectivity index (χ0n) is 5.96. The molecular weight excluding hydrogens is 139 g/mol. The number of allylic oxidation sites excluding steroid dienone is 3. The number of carbonyl (C=O) groups is 1. The van der Waals surface area contributed by atoms with Crippen molar-refractivity contribution in [1.29, 1.82) is 0 Å². The molecule has 0 saturated heterocycles. The normalized spacial score (nSPS) is 15.4. The van der Waals surface area contributed by atoms with E-state index in [0.29, 0.717) is 12.0 Å². The van der Waals surface area contributed by atoms with E-state index in [1.54, 1.807) is 6.08 Å². The van der Waals surface area contributed by atoms with Gasteiger partial charge in [0, 0.05) is 0 Å². The second-order valence-electron chi connectivity index (χ2n) is 1.93. The van der Waals surface area contributed by atoms with Crippen molar-refractivity contribution in [1.82, 2.24) is 0 Å². The Morgan fingerprint density at radius 1 is 1.50 bits per heavy atom. The second kappa shape index (κ2) is 4.72. The van der Waals surface area contributed by atoms with Gasteiger partial charge < -0.3 is 9.90 Å². The molecule has 0 N–H and O–H groups in total. The maximum atomic E-state index is 10.1. The molecule has 10 heavy (non-hydrogen) atoms. The summed E-state index contributed by atoms with van der Waals surface area (Å²) in [5.41, 5.74) is 0.400. The van der Waals surface area contributed by atoms with Gasteiger partial charge in [-0.25, -0.2) is 0 Å². The fourth-order valence-electron chi connectivity index (χ4n) is 0.767. The van der Waals surface area contributed by atoms with E-state index in [0.717, 1.165) is 6.42 Å². The summed E-state index contributed by atoms with van der Waals surface area (Å²) in [6, 6.07) is 0. The average molecular weight is 146 g/mol. The van der Waals surface area contributed by atoms with Gasteiger partial charge in [0.2, 0.25) is 0 Å². The minimum Gasteiger partial charge on any atom is -0.545 e. The summed E-state index contributed by atoms with van der Waals surface area (Å²) < 4.78 is 0. The Morgan fingerprint density at radius 3 is 2.50 bits per heavy atom. The van der Waals surface area contributed by atoms with Crippen LogP contribution in [0.15, 0.2) is 23.8 Å². The van der Waals surface area contributed by atoms with Gasteiger partial charge in [-0.1, -0.05) is 18.2 Å². The fourth-order valence-corrected chi connectivity index (χ4v) is 0.767. The van der Waals surface area contributed by atoms with Crippen LogP contribution in [0.1, 0.15) is 12.8 Å². The molecule has 3 heteroatoms. The van der Waals surface area contributed by atoms with Crippen LogP contribution >= 0.6 is 0 Å². The molecule has 48 valence electrons. The van der Waals surface area contributed by atoms with E-state index >= 15 is 0 Å². The van der Waals surface area contributed by atoms with Crippen molar-refractivity contribution in [3.8, 4) is 0 Å². The molecule has 0 aromatic rings. The molecule has 0 fully saturated rings. The summed E-state index contributed by atoms with van der Waals surface area (Å²) >= 11 is 0. The van der Waals surface area contributed by atoms with Gasteiger partial charge in [-0.15, -0.1) is 0 Å². The summed E-state index contributed by atoms with van der Waals surface area (Å²) in [7, 11) is 0. The largest absolute Gasteiger partial charge is 1.00 e. The first-order valence-electron chi connectivity index (χ1n) is 2.86. The molecule has 0 radical (unpaired) electrons. The maximum Gasteiger partial charge on any atom is 1.00 e. The summed E-state index contributed by atoms with van der Waals surface area (Å²) in [4.78, 5) is 10.1. The fraction of sp³-hybridized carbons (Fsp3) is 0.286. The smallest absolute Gasteiger partial charge is 0.545 e. The van der Waals surface area contributed by atoms with Gasteiger partial charge in [-0.2, -0.15) is 0 Å². The Kier molecular flexibility index (Phi) is 4.69. The molecule has 1 aliphatic carbocycles. The topological polar surface area (TPSA) is 40.1 Å². The predicted octanol–water partition coefficient (Wildman–Crippen LogP) is -2.98. The maximum absolute atomic E-state index is 10.1. The van der Waals surface area contributed by atoms with Crippen LogP contribution < -0.4 is 34.7 Å². The Bertz CT molecular complexity index is 182. The molecule has 2 nitrogen and oxygen atoms in total. The minimum atomic E-state index is -1.04. The molecule has 0 spiro atoms. The molecule has 0 aliphatic heterocycles. The molecule has 0 atom stereocenters. The van der Waals surface area contributed by atoms with Gasteiger partial charge >= 0.3 is 29.6 Å². The van der Waals surface area contributed by atoms with Crippen molar-refractivity contribution in [2.75, 3.05) is 0 Å². The Balaban J connectivity index is 0.000000810. The standard InChI is InChI=1S/C7H8O2.Na/c8-7(9)6-4-2-1-3-5-6;/h1-2,5H,3-4H2,(H,8,9);/q;+1/p-1. The SMILES string of the molecule is O=C([O-])C1=CCC=CC1.[Na+]. The first-order valence-corrected chi connectivity index (χ1v) is 2.86. The molecule has 0 amide bonds. The third-order valence-corrected chi connectivity index (χ3v) is 1.27. The number of carboxylic acid groups (broad SMARTS) is 1. The summed E-state index contributed by atoms with van der Waals surface area (Å²) in [6.45, 7) is 0.